The Morgan fingerprint density at radius 3 is 2.40 bits per heavy atom. The van der Waals surface area contributed by atoms with E-state index in [0.29, 0.717) is 16.6 Å². The summed E-state index contributed by atoms with van der Waals surface area (Å²) >= 11 is 1.13. The molecule has 35 heavy (non-hydrogen) atoms. The molecule has 9 heteroatoms. The Balaban J connectivity index is 1.60. The number of imide groups is 1. The van der Waals surface area contributed by atoms with Crippen molar-refractivity contribution in [2.45, 2.75) is 44.9 Å². The minimum absolute atomic E-state index is 0.147. The number of amides is 4. The topological polar surface area (TPSA) is 100 Å². The van der Waals surface area contributed by atoms with Crippen LogP contribution in [0.5, 0.6) is 5.75 Å². The molecule has 4 amide bonds. The van der Waals surface area contributed by atoms with Crippen LogP contribution in [-0.4, -0.2) is 41.4 Å². The van der Waals surface area contributed by atoms with Crippen LogP contribution in [0, 0.1) is 13.8 Å². The van der Waals surface area contributed by atoms with Gasteiger partial charge in [0.2, 0.25) is 5.91 Å². The summed E-state index contributed by atoms with van der Waals surface area (Å²) in [5.41, 5.74) is 3.75. The van der Waals surface area contributed by atoms with Gasteiger partial charge < -0.3 is 10.1 Å². The molecular formula is C26H28N4O4S. The number of ether oxygens (including phenoxy) is 1. The van der Waals surface area contributed by atoms with Crippen molar-refractivity contribution < 1.29 is 19.1 Å². The normalized spacial score (nSPS) is 17.3. The molecular weight excluding hydrogens is 464 g/mol. The van der Waals surface area contributed by atoms with E-state index in [2.05, 4.69) is 15.6 Å². The Hall–Kier alpha value is -3.59. The number of carbonyl (C=O) groups is 3. The Morgan fingerprint density at radius 2 is 1.80 bits per heavy atom. The van der Waals surface area contributed by atoms with Crippen LogP contribution >= 0.6 is 11.8 Å². The molecule has 4 rings (SSSR count). The van der Waals surface area contributed by atoms with Crippen LogP contribution in [-0.2, 0) is 9.59 Å². The van der Waals surface area contributed by atoms with Crippen LogP contribution in [0.3, 0.4) is 0 Å². The van der Waals surface area contributed by atoms with Gasteiger partial charge in [-0.3, -0.25) is 19.8 Å². The van der Waals surface area contributed by atoms with Crippen molar-refractivity contribution in [2.24, 2.45) is 4.99 Å². The van der Waals surface area contributed by atoms with Crippen molar-refractivity contribution in [3.05, 3.63) is 64.9 Å². The molecule has 1 saturated carbocycles. The molecule has 0 aromatic heterocycles. The lowest BCUT2D eigenvalue weighted by atomic mass is 10.1. The van der Waals surface area contributed by atoms with Gasteiger partial charge in [0.1, 0.15) is 11.4 Å². The van der Waals surface area contributed by atoms with Gasteiger partial charge >= 0.3 is 6.03 Å². The molecule has 182 valence electrons. The van der Waals surface area contributed by atoms with Crippen molar-refractivity contribution >= 4 is 46.5 Å². The maximum Gasteiger partial charge on any atom is 0.321 e. The second kappa shape index (κ2) is 10.4. The van der Waals surface area contributed by atoms with Crippen molar-refractivity contribution in [1.82, 2.24) is 10.6 Å². The highest BCUT2D eigenvalue weighted by Gasteiger charge is 2.35. The third-order valence-corrected chi connectivity index (χ3v) is 6.57. The number of nitrogens with zero attached hydrogens (tertiary/aromatic N) is 2. The van der Waals surface area contributed by atoms with E-state index < -0.39 is 17.2 Å². The number of rotatable bonds is 6. The summed E-state index contributed by atoms with van der Waals surface area (Å²) in [7, 11) is 1.59. The van der Waals surface area contributed by atoms with Crippen molar-refractivity contribution in [1.29, 1.82) is 0 Å². The van der Waals surface area contributed by atoms with E-state index in [1.54, 1.807) is 20.1 Å². The highest BCUT2D eigenvalue weighted by Crippen LogP contribution is 2.32. The zero-order chi connectivity index (χ0) is 25.1. The summed E-state index contributed by atoms with van der Waals surface area (Å²) < 4.78 is 5.20. The standard InChI is InChI=1S/C26H28N4O4S/c1-15-11-16(2)13-20(12-15)30-24(32)22(14-18-5-9-21(34-4)10-6-18)28-26(30)35-17(3)23(31)29-25(33)27-19-7-8-19/h5-6,9-14,17,19H,7-8H2,1-4H3,(H2,27,29,31,33)/b22-14-. The quantitative estimate of drug-likeness (QED) is 0.590. The number of thioether (sulfide) groups is 1. The van der Waals surface area contributed by atoms with Crippen LogP contribution < -0.4 is 20.3 Å². The fourth-order valence-electron chi connectivity index (χ4n) is 3.62. The van der Waals surface area contributed by atoms with E-state index >= 15 is 0 Å². The molecule has 1 aliphatic heterocycles. The van der Waals surface area contributed by atoms with E-state index in [4.69, 9.17) is 4.74 Å². The number of aryl methyl sites for hydroxylation is 2. The molecule has 1 heterocycles. The third-order valence-electron chi connectivity index (χ3n) is 5.51. The number of aliphatic imine (C=N–C) groups is 1. The number of benzene rings is 2. The molecule has 1 atom stereocenters. The summed E-state index contributed by atoms with van der Waals surface area (Å²) in [5, 5.41) is 4.84. The maximum atomic E-state index is 13.5. The lowest BCUT2D eigenvalue weighted by Gasteiger charge is -2.21. The number of hydrogen-bond acceptors (Lipinski definition) is 6. The molecule has 8 nitrogen and oxygen atoms in total. The number of methoxy groups -OCH3 is 1. The summed E-state index contributed by atoms with van der Waals surface area (Å²) in [6.07, 6.45) is 3.57. The number of amidine groups is 1. The molecule has 1 aliphatic carbocycles. The smallest absolute Gasteiger partial charge is 0.321 e. The highest BCUT2D eigenvalue weighted by molar-refractivity contribution is 8.15. The van der Waals surface area contributed by atoms with Gasteiger partial charge in [-0.2, -0.15) is 0 Å². The molecule has 0 bridgehead atoms. The van der Waals surface area contributed by atoms with E-state index in [0.717, 1.165) is 41.3 Å². The third kappa shape index (κ3) is 6.10. The Bertz CT molecular complexity index is 1200. The lowest BCUT2D eigenvalue weighted by molar-refractivity contribution is -0.119. The number of carbonyl (C=O) groups excluding carboxylic acids is 3. The predicted molar refractivity (Wildman–Crippen MR) is 139 cm³/mol. The van der Waals surface area contributed by atoms with Gasteiger partial charge in [0, 0.05) is 6.04 Å². The van der Waals surface area contributed by atoms with Gasteiger partial charge in [0.25, 0.3) is 5.91 Å². The monoisotopic (exact) mass is 492 g/mol. The summed E-state index contributed by atoms with van der Waals surface area (Å²) in [4.78, 5) is 44.2. The van der Waals surface area contributed by atoms with Crippen LogP contribution in [0.4, 0.5) is 10.5 Å². The number of nitrogens with one attached hydrogen (secondary N) is 2. The number of anilines is 1. The Kier molecular flexibility index (Phi) is 7.25. The first-order chi connectivity index (χ1) is 16.7. The van der Waals surface area contributed by atoms with Crippen LogP contribution in [0.1, 0.15) is 36.5 Å². The summed E-state index contributed by atoms with van der Waals surface area (Å²) in [5.74, 6) is -0.0178. The average Bonchev–Trinajstić information content (AvgIpc) is 3.56. The fourth-order valence-corrected chi connectivity index (χ4v) is 4.54. The average molecular weight is 493 g/mol. The maximum absolute atomic E-state index is 13.5. The van der Waals surface area contributed by atoms with E-state index in [1.807, 2.05) is 56.3 Å². The van der Waals surface area contributed by atoms with E-state index in [-0.39, 0.29) is 17.6 Å². The Labute approximate surface area is 208 Å². The molecule has 0 spiro atoms. The van der Waals surface area contributed by atoms with Crippen molar-refractivity contribution in [3.63, 3.8) is 0 Å². The van der Waals surface area contributed by atoms with Gasteiger partial charge in [0.15, 0.2) is 5.17 Å². The molecule has 2 aromatic carbocycles. The molecule has 0 saturated heterocycles. The first-order valence-corrected chi connectivity index (χ1v) is 12.3. The fraction of sp³-hybridized carbons (Fsp3) is 0.308. The van der Waals surface area contributed by atoms with E-state index in [1.165, 1.54) is 4.90 Å². The SMILES string of the molecule is COc1ccc(/C=C2\N=C(SC(C)C(=O)NC(=O)NC3CC3)N(c3cc(C)cc(C)c3)C2=O)cc1. The van der Waals surface area contributed by atoms with Crippen LogP contribution in [0.2, 0.25) is 0 Å². The van der Waals surface area contributed by atoms with Crippen molar-refractivity contribution in [2.75, 3.05) is 12.0 Å². The summed E-state index contributed by atoms with van der Waals surface area (Å²) in [6.45, 7) is 5.61. The predicted octanol–water partition coefficient (Wildman–Crippen LogP) is 4.17. The Morgan fingerprint density at radius 1 is 1.14 bits per heavy atom. The zero-order valence-corrected chi connectivity index (χ0v) is 20.9. The first-order valence-electron chi connectivity index (χ1n) is 11.4. The van der Waals surface area contributed by atoms with Gasteiger partial charge in [0.05, 0.1) is 18.0 Å². The summed E-state index contributed by atoms with van der Waals surface area (Å²) in [6, 6.07) is 12.8. The van der Waals surface area contributed by atoms with Gasteiger partial charge in [-0.05, 0) is 80.6 Å². The number of urea groups is 1. The van der Waals surface area contributed by atoms with Gasteiger partial charge in [-0.15, -0.1) is 0 Å². The molecule has 2 N–H and O–H groups in total. The lowest BCUT2D eigenvalue weighted by Crippen LogP contribution is -2.44. The molecule has 1 unspecified atom stereocenters. The first kappa shape index (κ1) is 24.5. The molecule has 0 radical (unpaired) electrons. The molecule has 2 aliphatic rings. The zero-order valence-electron chi connectivity index (χ0n) is 20.1. The number of hydrogen-bond donors (Lipinski definition) is 2. The highest BCUT2D eigenvalue weighted by atomic mass is 32.2. The van der Waals surface area contributed by atoms with Gasteiger partial charge in [-0.1, -0.05) is 30.0 Å². The van der Waals surface area contributed by atoms with Gasteiger partial charge in [-0.25, -0.2) is 9.79 Å². The molecule has 1 fully saturated rings. The molecule has 2 aromatic rings. The largest absolute Gasteiger partial charge is 0.497 e. The minimum Gasteiger partial charge on any atom is -0.497 e. The van der Waals surface area contributed by atoms with Crippen molar-refractivity contribution in [3.8, 4) is 5.75 Å². The minimum atomic E-state index is -0.653. The van der Waals surface area contributed by atoms with E-state index in [9.17, 15) is 14.4 Å². The van der Waals surface area contributed by atoms with Crippen LogP contribution in [0.25, 0.3) is 6.08 Å². The second-order valence-electron chi connectivity index (χ2n) is 8.68. The van der Waals surface area contributed by atoms with Crippen LogP contribution in [0.15, 0.2) is 53.2 Å². The second-order valence-corrected chi connectivity index (χ2v) is 9.99.